The molecular formula is C31H58N2O8. The largest absolute Gasteiger partial charge is 0.481 e. The SMILES string of the molecule is CCC(C)(CC)C(=O)C(CCCCNC(=O)CCOC(C)(C)CCOC(C)(C)CCOC)NC(=O)CCCC(=O)O. The standard InChI is InChI=1S/C31H58N2O8/c1-9-31(7,10-2)28(38)24(33-26(35)15-13-16-27(36)37)14-11-12-20-32-25(34)17-21-40-30(5,6)19-23-41-29(3,4)18-22-39-8/h24H,9-23H2,1-8H3,(H,32,34)(H,33,35)(H,36,37). The first-order valence-corrected chi connectivity index (χ1v) is 15.2. The first kappa shape index (κ1) is 39.0. The van der Waals surface area contributed by atoms with Crippen LogP contribution in [-0.4, -0.2) is 79.4 Å². The molecule has 10 heteroatoms. The number of methoxy groups -OCH3 is 1. The number of carbonyl (C=O) groups is 4. The van der Waals surface area contributed by atoms with E-state index in [4.69, 9.17) is 19.3 Å². The molecule has 0 heterocycles. The quantitative estimate of drug-likeness (QED) is 0.129. The first-order chi connectivity index (χ1) is 19.1. The van der Waals surface area contributed by atoms with Gasteiger partial charge in [-0.2, -0.15) is 0 Å². The Morgan fingerprint density at radius 2 is 1.34 bits per heavy atom. The third-order valence-corrected chi connectivity index (χ3v) is 7.77. The summed E-state index contributed by atoms with van der Waals surface area (Å²) in [6, 6.07) is -0.627. The molecule has 0 bridgehead atoms. The van der Waals surface area contributed by atoms with Gasteiger partial charge in [0.25, 0.3) is 0 Å². The smallest absolute Gasteiger partial charge is 0.303 e. The van der Waals surface area contributed by atoms with Crippen molar-refractivity contribution in [1.29, 1.82) is 0 Å². The second kappa shape index (κ2) is 20.0. The molecule has 0 rings (SSSR count). The summed E-state index contributed by atoms with van der Waals surface area (Å²) in [7, 11) is 1.68. The fourth-order valence-electron chi connectivity index (χ4n) is 4.23. The summed E-state index contributed by atoms with van der Waals surface area (Å²) < 4.78 is 17.0. The fourth-order valence-corrected chi connectivity index (χ4v) is 4.23. The number of carbonyl (C=O) groups excluding carboxylic acids is 3. The average Bonchev–Trinajstić information content (AvgIpc) is 2.89. The number of rotatable bonds is 25. The molecule has 0 aliphatic carbocycles. The second-order valence-corrected chi connectivity index (χ2v) is 12.3. The van der Waals surface area contributed by atoms with Crippen LogP contribution in [0.5, 0.6) is 0 Å². The summed E-state index contributed by atoms with van der Waals surface area (Å²) in [6.45, 7) is 15.9. The van der Waals surface area contributed by atoms with Gasteiger partial charge in [0.2, 0.25) is 11.8 Å². The van der Waals surface area contributed by atoms with Crippen molar-refractivity contribution >= 4 is 23.6 Å². The van der Waals surface area contributed by atoms with Gasteiger partial charge in [-0.15, -0.1) is 0 Å². The lowest BCUT2D eigenvalue weighted by Crippen LogP contribution is -2.47. The molecule has 0 saturated carbocycles. The van der Waals surface area contributed by atoms with Crippen LogP contribution in [0.15, 0.2) is 0 Å². The molecule has 0 aromatic carbocycles. The number of carboxylic acids is 1. The second-order valence-electron chi connectivity index (χ2n) is 12.3. The highest BCUT2D eigenvalue weighted by Crippen LogP contribution is 2.29. The number of ketones is 1. The van der Waals surface area contributed by atoms with Gasteiger partial charge in [0.1, 0.15) is 0 Å². The van der Waals surface area contributed by atoms with Crippen molar-refractivity contribution in [2.24, 2.45) is 5.41 Å². The van der Waals surface area contributed by atoms with Gasteiger partial charge in [0.05, 0.1) is 30.5 Å². The number of Topliss-reactive ketones (excluding diaryl/α,β-unsaturated/α-hetero) is 1. The third kappa shape index (κ3) is 18.2. The van der Waals surface area contributed by atoms with E-state index in [0.717, 1.165) is 6.42 Å². The summed E-state index contributed by atoms with van der Waals surface area (Å²) in [4.78, 5) is 48.7. The summed E-state index contributed by atoms with van der Waals surface area (Å²) in [5.41, 5.74) is -1.21. The van der Waals surface area contributed by atoms with Crippen LogP contribution in [0.4, 0.5) is 0 Å². The maximum atomic E-state index is 13.3. The molecule has 1 atom stereocenters. The molecular weight excluding hydrogens is 528 g/mol. The van der Waals surface area contributed by atoms with Crippen molar-refractivity contribution in [3.63, 3.8) is 0 Å². The molecule has 0 aliphatic heterocycles. The Morgan fingerprint density at radius 1 is 0.756 bits per heavy atom. The lowest BCUT2D eigenvalue weighted by atomic mass is 9.76. The number of nitrogens with one attached hydrogen (secondary N) is 2. The van der Waals surface area contributed by atoms with Crippen LogP contribution in [-0.2, 0) is 33.4 Å². The van der Waals surface area contributed by atoms with Crippen molar-refractivity contribution in [2.75, 3.05) is 33.5 Å². The lowest BCUT2D eigenvalue weighted by molar-refractivity contribution is -0.137. The molecule has 0 spiro atoms. The number of ether oxygens (including phenoxy) is 3. The number of amides is 2. The summed E-state index contributed by atoms with van der Waals surface area (Å²) in [6.07, 6.45) is 5.11. The van der Waals surface area contributed by atoms with Gasteiger partial charge in [0.15, 0.2) is 5.78 Å². The Bertz CT molecular complexity index is 793. The van der Waals surface area contributed by atoms with Crippen LogP contribution >= 0.6 is 0 Å². The van der Waals surface area contributed by atoms with E-state index in [-0.39, 0.29) is 48.9 Å². The Labute approximate surface area is 248 Å². The predicted molar refractivity (Wildman–Crippen MR) is 160 cm³/mol. The highest BCUT2D eigenvalue weighted by Gasteiger charge is 2.35. The van der Waals surface area contributed by atoms with E-state index in [2.05, 4.69) is 10.6 Å². The molecule has 10 nitrogen and oxygen atoms in total. The van der Waals surface area contributed by atoms with E-state index < -0.39 is 23.0 Å². The van der Waals surface area contributed by atoms with E-state index in [9.17, 15) is 19.2 Å². The minimum atomic E-state index is -0.949. The highest BCUT2D eigenvalue weighted by atomic mass is 16.5. The number of hydrogen-bond acceptors (Lipinski definition) is 7. The Balaban J connectivity index is 4.51. The monoisotopic (exact) mass is 586 g/mol. The topological polar surface area (TPSA) is 140 Å². The van der Waals surface area contributed by atoms with Crippen LogP contribution in [0.2, 0.25) is 0 Å². The van der Waals surface area contributed by atoms with E-state index >= 15 is 0 Å². The van der Waals surface area contributed by atoms with Crippen LogP contribution in [0.3, 0.4) is 0 Å². The normalized spacial score (nSPS) is 13.1. The lowest BCUT2D eigenvalue weighted by Gasteiger charge is -2.30. The Hall–Kier alpha value is -2.04. The fraction of sp³-hybridized carbons (Fsp3) is 0.871. The molecule has 0 aromatic heterocycles. The molecule has 0 aliphatic rings. The van der Waals surface area contributed by atoms with Crippen molar-refractivity contribution in [3.05, 3.63) is 0 Å². The highest BCUT2D eigenvalue weighted by molar-refractivity contribution is 5.92. The molecule has 0 radical (unpaired) electrons. The number of aliphatic carboxylic acids is 1. The predicted octanol–water partition coefficient (Wildman–Crippen LogP) is 4.82. The van der Waals surface area contributed by atoms with Crippen LogP contribution in [0.1, 0.15) is 119 Å². The van der Waals surface area contributed by atoms with Crippen LogP contribution in [0.25, 0.3) is 0 Å². The molecule has 0 saturated heterocycles. The summed E-state index contributed by atoms with van der Waals surface area (Å²) >= 11 is 0. The van der Waals surface area contributed by atoms with Gasteiger partial charge >= 0.3 is 5.97 Å². The first-order valence-electron chi connectivity index (χ1n) is 15.2. The molecule has 2 amide bonds. The molecule has 0 fully saturated rings. The summed E-state index contributed by atoms with van der Waals surface area (Å²) in [5.74, 6) is -1.35. The van der Waals surface area contributed by atoms with Gasteiger partial charge < -0.3 is 30.0 Å². The third-order valence-electron chi connectivity index (χ3n) is 7.77. The zero-order valence-electron chi connectivity index (χ0n) is 27.0. The summed E-state index contributed by atoms with van der Waals surface area (Å²) in [5, 5.41) is 14.5. The molecule has 240 valence electrons. The zero-order chi connectivity index (χ0) is 31.5. The van der Waals surface area contributed by atoms with Gasteiger partial charge in [-0.05, 0) is 79.1 Å². The van der Waals surface area contributed by atoms with E-state index in [0.29, 0.717) is 64.9 Å². The van der Waals surface area contributed by atoms with Gasteiger partial charge in [-0.3, -0.25) is 19.2 Å². The average molecular weight is 587 g/mol. The zero-order valence-corrected chi connectivity index (χ0v) is 27.0. The Kier molecular flexibility index (Phi) is 19.0. The van der Waals surface area contributed by atoms with Gasteiger partial charge in [0, 0.05) is 44.9 Å². The van der Waals surface area contributed by atoms with E-state index in [1.165, 1.54) is 0 Å². The Morgan fingerprint density at radius 3 is 1.90 bits per heavy atom. The maximum Gasteiger partial charge on any atom is 0.303 e. The van der Waals surface area contributed by atoms with E-state index in [1.807, 2.05) is 48.5 Å². The van der Waals surface area contributed by atoms with Crippen LogP contribution < -0.4 is 10.6 Å². The number of hydrogen-bond donors (Lipinski definition) is 3. The maximum absolute atomic E-state index is 13.3. The van der Waals surface area contributed by atoms with Gasteiger partial charge in [-0.25, -0.2) is 0 Å². The van der Waals surface area contributed by atoms with E-state index in [1.54, 1.807) is 7.11 Å². The van der Waals surface area contributed by atoms with Gasteiger partial charge in [-0.1, -0.05) is 20.8 Å². The number of carboxylic acid groups (broad SMARTS) is 1. The van der Waals surface area contributed by atoms with Crippen molar-refractivity contribution < 1.29 is 38.5 Å². The molecule has 1 unspecified atom stereocenters. The number of unbranched alkanes of at least 4 members (excludes halogenated alkanes) is 1. The molecule has 41 heavy (non-hydrogen) atoms. The van der Waals surface area contributed by atoms with Crippen LogP contribution in [0, 0.1) is 5.41 Å². The minimum absolute atomic E-state index is 0.00169. The van der Waals surface area contributed by atoms with Crippen molar-refractivity contribution in [3.8, 4) is 0 Å². The minimum Gasteiger partial charge on any atom is -0.481 e. The van der Waals surface area contributed by atoms with Crippen molar-refractivity contribution in [2.45, 2.75) is 136 Å². The molecule has 0 aromatic rings. The molecule has 3 N–H and O–H groups in total. The van der Waals surface area contributed by atoms with Crippen molar-refractivity contribution in [1.82, 2.24) is 10.6 Å².